The second kappa shape index (κ2) is 6.70. The molecule has 0 aliphatic heterocycles. The molecule has 1 aromatic rings. The first-order chi connectivity index (χ1) is 8.52. The standard InChI is InChI=1S/C10H11BrN4O3/c1-14(7-16)10(6-15(17)18)13-5-8-2-3-9(11)12-4-8/h2-4,6-7,13H,5H2,1H3/b10-6-. The Morgan fingerprint density at radius 2 is 2.39 bits per heavy atom. The van der Waals surface area contributed by atoms with Crippen LogP contribution >= 0.6 is 15.9 Å². The molecule has 0 bridgehead atoms. The van der Waals surface area contributed by atoms with Gasteiger partial charge in [-0.3, -0.25) is 19.8 Å². The van der Waals surface area contributed by atoms with Crippen molar-refractivity contribution in [3.63, 3.8) is 0 Å². The Labute approximate surface area is 112 Å². The lowest BCUT2D eigenvalue weighted by Crippen LogP contribution is -2.28. The summed E-state index contributed by atoms with van der Waals surface area (Å²) in [6, 6.07) is 3.58. The molecule has 1 aromatic heterocycles. The van der Waals surface area contributed by atoms with Gasteiger partial charge in [-0.1, -0.05) is 6.07 Å². The zero-order chi connectivity index (χ0) is 13.5. The Bertz CT molecular complexity index is 461. The van der Waals surface area contributed by atoms with E-state index in [2.05, 4.69) is 26.2 Å². The van der Waals surface area contributed by atoms with Crippen molar-refractivity contribution in [1.29, 1.82) is 0 Å². The normalized spacial score (nSPS) is 10.9. The van der Waals surface area contributed by atoms with E-state index in [0.29, 0.717) is 17.6 Å². The monoisotopic (exact) mass is 314 g/mol. The van der Waals surface area contributed by atoms with Gasteiger partial charge in [0.25, 0.3) is 6.20 Å². The molecule has 0 aromatic carbocycles. The van der Waals surface area contributed by atoms with E-state index in [1.165, 1.54) is 7.05 Å². The lowest BCUT2D eigenvalue weighted by molar-refractivity contribution is -0.404. The molecule has 0 unspecified atom stereocenters. The smallest absolute Gasteiger partial charge is 0.274 e. The lowest BCUT2D eigenvalue weighted by Gasteiger charge is -2.14. The van der Waals surface area contributed by atoms with Crippen LogP contribution in [-0.4, -0.2) is 28.3 Å². The third kappa shape index (κ3) is 4.50. The van der Waals surface area contributed by atoms with Crippen molar-refractivity contribution in [3.8, 4) is 0 Å². The average molecular weight is 315 g/mol. The van der Waals surface area contributed by atoms with Gasteiger partial charge in [-0.25, -0.2) is 4.98 Å². The Morgan fingerprint density at radius 3 is 2.89 bits per heavy atom. The third-order valence-electron chi connectivity index (χ3n) is 2.03. The molecule has 0 saturated carbocycles. The number of pyridine rings is 1. The second-order valence-corrected chi connectivity index (χ2v) is 4.17. The molecule has 0 saturated heterocycles. The zero-order valence-corrected chi connectivity index (χ0v) is 11.1. The van der Waals surface area contributed by atoms with Crippen LogP contribution in [-0.2, 0) is 11.3 Å². The van der Waals surface area contributed by atoms with Gasteiger partial charge in [-0.05, 0) is 27.6 Å². The number of nitrogens with zero attached hydrogens (tertiary/aromatic N) is 3. The average Bonchev–Trinajstić information content (AvgIpc) is 2.35. The summed E-state index contributed by atoms with van der Waals surface area (Å²) in [5, 5.41) is 13.2. The maximum atomic E-state index is 10.6. The van der Waals surface area contributed by atoms with Crippen LogP contribution in [0.4, 0.5) is 0 Å². The van der Waals surface area contributed by atoms with Gasteiger partial charge in [0.05, 0.1) is 4.92 Å². The third-order valence-corrected chi connectivity index (χ3v) is 2.50. The number of carbonyl (C=O) groups is 1. The Kier molecular flexibility index (Phi) is 5.25. The van der Waals surface area contributed by atoms with Crippen LogP contribution in [0.3, 0.4) is 0 Å². The summed E-state index contributed by atoms with van der Waals surface area (Å²) < 4.78 is 0.706. The zero-order valence-electron chi connectivity index (χ0n) is 9.54. The summed E-state index contributed by atoms with van der Waals surface area (Å²) in [5.74, 6) is 0.109. The molecule has 1 rings (SSSR count). The molecule has 96 valence electrons. The summed E-state index contributed by atoms with van der Waals surface area (Å²) in [4.78, 5) is 25.5. The maximum Gasteiger partial charge on any atom is 0.274 e. The van der Waals surface area contributed by atoms with Crippen molar-refractivity contribution in [2.24, 2.45) is 0 Å². The van der Waals surface area contributed by atoms with Gasteiger partial charge in [0.1, 0.15) is 4.60 Å². The predicted molar refractivity (Wildman–Crippen MR) is 67.7 cm³/mol. The quantitative estimate of drug-likeness (QED) is 0.367. The SMILES string of the molecule is CN(C=O)/C(=C\[N+](=O)[O-])NCc1ccc(Br)nc1. The highest BCUT2D eigenvalue weighted by Crippen LogP contribution is 2.06. The van der Waals surface area contributed by atoms with Gasteiger partial charge in [0, 0.05) is 19.8 Å². The number of carbonyl (C=O) groups excluding carboxylic acids is 1. The molecule has 8 heteroatoms. The number of amides is 1. The van der Waals surface area contributed by atoms with Crippen LogP contribution in [0.1, 0.15) is 5.56 Å². The minimum atomic E-state index is -0.623. The van der Waals surface area contributed by atoms with E-state index in [1.807, 2.05) is 6.07 Å². The van der Waals surface area contributed by atoms with E-state index in [4.69, 9.17) is 0 Å². The largest absolute Gasteiger partial charge is 0.362 e. The highest BCUT2D eigenvalue weighted by Gasteiger charge is 2.08. The van der Waals surface area contributed by atoms with Gasteiger partial charge in [0.15, 0.2) is 5.82 Å². The van der Waals surface area contributed by atoms with E-state index in [9.17, 15) is 14.9 Å². The summed E-state index contributed by atoms with van der Waals surface area (Å²) in [5.41, 5.74) is 0.840. The number of aromatic nitrogens is 1. The van der Waals surface area contributed by atoms with Crippen molar-refractivity contribution in [1.82, 2.24) is 15.2 Å². The van der Waals surface area contributed by atoms with Crippen LogP contribution in [0.5, 0.6) is 0 Å². The minimum absolute atomic E-state index is 0.109. The van der Waals surface area contributed by atoms with Crippen LogP contribution in [0.2, 0.25) is 0 Å². The summed E-state index contributed by atoms with van der Waals surface area (Å²) in [6.07, 6.45) is 2.85. The molecule has 18 heavy (non-hydrogen) atoms. The molecular formula is C10H11BrN4O3. The van der Waals surface area contributed by atoms with Gasteiger partial charge < -0.3 is 5.32 Å². The minimum Gasteiger partial charge on any atom is -0.362 e. The predicted octanol–water partition coefficient (Wildman–Crippen LogP) is 1.10. The van der Waals surface area contributed by atoms with Crippen LogP contribution in [0, 0.1) is 10.1 Å². The topological polar surface area (TPSA) is 88.4 Å². The molecule has 0 aliphatic rings. The number of hydrogen-bond donors (Lipinski definition) is 1. The summed E-state index contributed by atoms with van der Waals surface area (Å²) in [6.45, 7) is 0.331. The Morgan fingerprint density at radius 1 is 1.67 bits per heavy atom. The van der Waals surface area contributed by atoms with E-state index < -0.39 is 4.92 Å². The molecule has 0 atom stereocenters. The molecule has 1 heterocycles. The maximum absolute atomic E-state index is 10.6. The Hall–Kier alpha value is -1.96. The van der Waals surface area contributed by atoms with Crippen LogP contribution < -0.4 is 5.32 Å². The van der Waals surface area contributed by atoms with E-state index in [0.717, 1.165) is 16.7 Å². The molecule has 0 aliphatic carbocycles. The van der Waals surface area contributed by atoms with E-state index >= 15 is 0 Å². The van der Waals surface area contributed by atoms with Gasteiger partial charge in [-0.2, -0.15) is 0 Å². The first-order valence-corrected chi connectivity index (χ1v) is 5.70. The van der Waals surface area contributed by atoms with Crippen LogP contribution in [0.15, 0.2) is 35.0 Å². The Balaban J connectivity index is 2.70. The fourth-order valence-corrected chi connectivity index (χ4v) is 1.36. The van der Waals surface area contributed by atoms with Gasteiger partial charge in [0.2, 0.25) is 6.41 Å². The first-order valence-electron chi connectivity index (χ1n) is 4.90. The fourth-order valence-electron chi connectivity index (χ4n) is 1.12. The van der Waals surface area contributed by atoms with E-state index in [1.54, 1.807) is 12.3 Å². The first kappa shape index (κ1) is 14.1. The van der Waals surface area contributed by atoms with Gasteiger partial charge >= 0.3 is 0 Å². The molecule has 1 amide bonds. The fraction of sp³-hybridized carbons (Fsp3) is 0.200. The van der Waals surface area contributed by atoms with Crippen molar-refractivity contribution >= 4 is 22.3 Å². The van der Waals surface area contributed by atoms with Crippen LogP contribution in [0.25, 0.3) is 0 Å². The number of rotatable bonds is 6. The molecule has 7 nitrogen and oxygen atoms in total. The van der Waals surface area contributed by atoms with Crippen molar-refractivity contribution in [2.45, 2.75) is 6.54 Å². The van der Waals surface area contributed by atoms with Crippen molar-refractivity contribution in [3.05, 3.63) is 50.6 Å². The highest BCUT2D eigenvalue weighted by molar-refractivity contribution is 9.10. The molecule has 1 N–H and O–H groups in total. The number of nitrogens with one attached hydrogen (secondary N) is 1. The highest BCUT2D eigenvalue weighted by atomic mass is 79.9. The lowest BCUT2D eigenvalue weighted by atomic mass is 10.3. The molecule has 0 radical (unpaired) electrons. The molecular weight excluding hydrogens is 304 g/mol. The second-order valence-electron chi connectivity index (χ2n) is 3.36. The van der Waals surface area contributed by atoms with Crippen molar-refractivity contribution in [2.75, 3.05) is 7.05 Å². The summed E-state index contributed by atoms with van der Waals surface area (Å²) >= 11 is 3.21. The summed E-state index contributed by atoms with van der Waals surface area (Å²) in [7, 11) is 1.43. The number of hydrogen-bond acceptors (Lipinski definition) is 5. The van der Waals surface area contributed by atoms with Gasteiger partial charge in [-0.15, -0.1) is 0 Å². The number of halogens is 1. The van der Waals surface area contributed by atoms with E-state index in [-0.39, 0.29) is 5.82 Å². The molecule has 0 fully saturated rings. The number of nitro groups is 1. The molecule has 0 spiro atoms. The van der Waals surface area contributed by atoms with Crippen molar-refractivity contribution < 1.29 is 9.72 Å².